The van der Waals surface area contributed by atoms with E-state index in [2.05, 4.69) is 0 Å². The summed E-state index contributed by atoms with van der Waals surface area (Å²) in [5.41, 5.74) is 14.6. The Bertz CT molecular complexity index is 1690. The van der Waals surface area contributed by atoms with Crippen LogP contribution in [0.3, 0.4) is 0 Å². The highest BCUT2D eigenvalue weighted by molar-refractivity contribution is 7.10. The van der Waals surface area contributed by atoms with Crippen molar-refractivity contribution in [3.05, 3.63) is 63.3 Å². The van der Waals surface area contributed by atoms with Gasteiger partial charge in [0.05, 0.1) is 37.7 Å². The summed E-state index contributed by atoms with van der Waals surface area (Å²) in [5, 5.41) is 35.2. The van der Waals surface area contributed by atoms with E-state index in [0.29, 0.717) is 33.1 Å². The molecule has 0 saturated carbocycles. The lowest BCUT2D eigenvalue weighted by atomic mass is 9.66. The Morgan fingerprint density at radius 3 is 2.33 bits per heavy atom. The van der Waals surface area contributed by atoms with Gasteiger partial charge < -0.3 is 58.0 Å². The molecule has 48 heavy (non-hydrogen) atoms. The first-order chi connectivity index (χ1) is 23.1. The Morgan fingerprint density at radius 1 is 0.958 bits per heavy atom. The summed E-state index contributed by atoms with van der Waals surface area (Å²) < 4.78 is 52.4. The minimum absolute atomic E-state index is 0.00850. The predicted molar refractivity (Wildman–Crippen MR) is 162 cm³/mol. The molecule has 8 rings (SSSR count). The number of aliphatic hydroxyl groups is 2. The van der Waals surface area contributed by atoms with Crippen LogP contribution in [-0.2, 0) is 28.5 Å². The Kier molecular flexibility index (Phi) is 7.70. The van der Waals surface area contributed by atoms with E-state index in [1.165, 1.54) is 25.6 Å². The molecule has 7 N–H and O–H groups in total. The molecule has 3 aromatic rings. The molecule has 0 spiro atoms. The molecular formula is C32H34N2O13S. The van der Waals surface area contributed by atoms with Gasteiger partial charge in [-0.05, 0) is 52.4 Å². The summed E-state index contributed by atoms with van der Waals surface area (Å²) in [6, 6.07) is 10.4. The van der Waals surface area contributed by atoms with Crippen molar-refractivity contribution in [1.82, 2.24) is 0 Å². The molecule has 10 atom stereocenters. The van der Waals surface area contributed by atoms with Crippen molar-refractivity contribution in [2.45, 2.75) is 54.9 Å². The van der Waals surface area contributed by atoms with Gasteiger partial charge >= 0.3 is 5.97 Å². The van der Waals surface area contributed by atoms with Crippen LogP contribution < -0.4 is 30.4 Å². The number of aliphatic hydroxyl groups excluding tert-OH is 2. The lowest BCUT2D eigenvalue weighted by Crippen LogP contribution is -2.75. The largest absolute Gasteiger partial charge is 0.502 e. The van der Waals surface area contributed by atoms with Crippen LogP contribution in [-0.4, -0.2) is 85.5 Å². The van der Waals surface area contributed by atoms with Crippen LogP contribution in [0.25, 0.3) is 0 Å². The first kappa shape index (κ1) is 31.6. The third-order valence-corrected chi connectivity index (χ3v) is 10.5. The van der Waals surface area contributed by atoms with Gasteiger partial charge in [0.15, 0.2) is 35.6 Å². The number of phenolic OH excluding ortho intramolecular Hbond substituents is 1. The molecule has 3 fully saturated rings. The third-order valence-electron chi connectivity index (χ3n) is 9.62. The second kappa shape index (κ2) is 11.7. The maximum Gasteiger partial charge on any atom is 0.310 e. The average Bonchev–Trinajstić information content (AvgIpc) is 3.85. The highest BCUT2D eigenvalue weighted by Gasteiger charge is 2.60. The van der Waals surface area contributed by atoms with Gasteiger partial charge in [-0.25, -0.2) is 0 Å². The first-order valence-corrected chi connectivity index (χ1v) is 16.1. The van der Waals surface area contributed by atoms with Crippen LogP contribution >= 0.6 is 11.3 Å². The Morgan fingerprint density at radius 2 is 1.67 bits per heavy atom. The Balaban J connectivity index is 1.18. The van der Waals surface area contributed by atoms with Crippen LogP contribution in [0.2, 0.25) is 0 Å². The number of ether oxygens (including phenoxy) is 9. The van der Waals surface area contributed by atoms with Gasteiger partial charge in [-0.2, -0.15) is 0 Å². The Hall–Kier alpha value is -3.71. The number of rotatable bonds is 6. The van der Waals surface area contributed by atoms with Gasteiger partial charge in [0, 0.05) is 11.8 Å². The molecular weight excluding hydrogens is 652 g/mol. The highest BCUT2D eigenvalue weighted by atomic mass is 32.1. The van der Waals surface area contributed by atoms with Crippen molar-refractivity contribution in [3.8, 4) is 28.7 Å². The predicted octanol–water partition coefficient (Wildman–Crippen LogP) is 1.32. The maximum atomic E-state index is 13.5. The van der Waals surface area contributed by atoms with Gasteiger partial charge in [-0.15, -0.1) is 11.3 Å². The standard InChI is InChI=1S/C32H34N2O13S/c1-39-18-6-12(7-19(40-2)23(18)35)21-13-8-16-17(43-11-42-16)9-14(13)26(15-10-41-29(38)22(15)21)44-31-25(37)24(36)27-28(46-31)32(33,34)47-30(45-27)20-4-3-5-48-20/h3-9,15,21-22,24-28,30-31,35-37H,10-11,33-34H2,1-2H3. The number of fused-ring (bicyclic) bond motifs is 4. The van der Waals surface area contributed by atoms with Gasteiger partial charge in [0.2, 0.25) is 18.4 Å². The topological polar surface area (TPSA) is 213 Å². The van der Waals surface area contributed by atoms with Crippen molar-refractivity contribution < 1.29 is 62.7 Å². The molecule has 10 unspecified atom stereocenters. The molecule has 4 aliphatic heterocycles. The van der Waals surface area contributed by atoms with Crippen LogP contribution in [0, 0.1) is 11.8 Å². The van der Waals surface area contributed by atoms with E-state index in [0.717, 1.165) is 0 Å². The van der Waals surface area contributed by atoms with Gasteiger partial charge in [-0.3, -0.25) is 16.3 Å². The zero-order valence-electron chi connectivity index (χ0n) is 25.7. The van der Waals surface area contributed by atoms with E-state index in [4.69, 9.17) is 54.1 Å². The number of carbonyl (C=O) groups excluding carboxylic acids is 1. The average molecular weight is 687 g/mol. The fourth-order valence-electron chi connectivity index (χ4n) is 7.36. The molecule has 0 amide bonds. The van der Waals surface area contributed by atoms with Crippen LogP contribution in [0.5, 0.6) is 28.7 Å². The first-order valence-electron chi connectivity index (χ1n) is 15.3. The van der Waals surface area contributed by atoms with Crippen molar-refractivity contribution in [2.75, 3.05) is 27.6 Å². The summed E-state index contributed by atoms with van der Waals surface area (Å²) in [6.07, 6.45) is -8.94. The summed E-state index contributed by atoms with van der Waals surface area (Å²) in [6.45, 7) is -0.0276. The second-order valence-corrected chi connectivity index (χ2v) is 13.3. The quantitative estimate of drug-likeness (QED) is 0.183. The summed E-state index contributed by atoms with van der Waals surface area (Å²) in [5.74, 6) is -3.41. The molecule has 1 aliphatic carbocycles. The van der Waals surface area contributed by atoms with Crippen LogP contribution in [0.15, 0.2) is 41.8 Å². The smallest absolute Gasteiger partial charge is 0.310 e. The lowest BCUT2D eigenvalue weighted by molar-refractivity contribution is -0.407. The van der Waals surface area contributed by atoms with Gasteiger partial charge in [0.25, 0.3) is 0 Å². The van der Waals surface area contributed by atoms with Gasteiger partial charge in [0.1, 0.15) is 24.4 Å². The zero-order valence-corrected chi connectivity index (χ0v) is 26.5. The number of hydrogen-bond acceptors (Lipinski definition) is 16. The van der Waals surface area contributed by atoms with E-state index >= 15 is 0 Å². The van der Waals surface area contributed by atoms with E-state index in [1.54, 1.807) is 36.4 Å². The molecule has 1 aromatic heterocycles. The fourth-order valence-corrected chi connectivity index (χ4v) is 8.05. The minimum Gasteiger partial charge on any atom is -0.502 e. The summed E-state index contributed by atoms with van der Waals surface area (Å²) in [7, 11) is 2.83. The second-order valence-electron chi connectivity index (χ2n) is 12.3. The normalized spacial score (nSPS) is 34.5. The molecule has 15 nitrogen and oxygen atoms in total. The van der Waals surface area contributed by atoms with Crippen molar-refractivity contribution in [3.63, 3.8) is 0 Å². The molecule has 16 heteroatoms. The maximum absolute atomic E-state index is 13.5. The van der Waals surface area contributed by atoms with Crippen LogP contribution in [0.1, 0.15) is 39.9 Å². The number of aromatic hydroxyl groups is 1. The van der Waals surface area contributed by atoms with E-state index in [9.17, 15) is 20.1 Å². The van der Waals surface area contributed by atoms with E-state index in [1.807, 2.05) is 5.38 Å². The van der Waals surface area contributed by atoms with Crippen molar-refractivity contribution in [2.24, 2.45) is 23.3 Å². The number of phenols is 1. The number of carbonyl (C=O) groups is 1. The number of methoxy groups -OCH3 is 2. The minimum atomic E-state index is -1.94. The number of cyclic esters (lactones) is 1. The number of hydrogen-bond donors (Lipinski definition) is 5. The SMILES string of the molecule is COc1cc(C2c3cc4c(cc3C(OC3OC5C(OC(c6cccs6)OC5(N)N)C(O)C3O)C3COC(=O)C23)OCO4)cc(OC)c1O. The Labute approximate surface area is 277 Å². The number of esters is 1. The summed E-state index contributed by atoms with van der Waals surface area (Å²) in [4.78, 5) is 14.2. The zero-order chi connectivity index (χ0) is 33.5. The van der Waals surface area contributed by atoms with Crippen molar-refractivity contribution >= 4 is 17.3 Å². The van der Waals surface area contributed by atoms with Crippen molar-refractivity contribution in [1.29, 1.82) is 0 Å². The fraction of sp³-hybridized carbons (Fsp3) is 0.469. The number of thiophene rings is 1. The monoisotopic (exact) mass is 686 g/mol. The molecule has 0 radical (unpaired) electrons. The number of benzene rings is 2. The third kappa shape index (κ3) is 4.90. The van der Waals surface area contributed by atoms with Crippen LogP contribution in [0.4, 0.5) is 0 Å². The summed E-state index contributed by atoms with van der Waals surface area (Å²) >= 11 is 1.35. The molecule has 5 heterocycles. The number of nitrogens with two attached hydrogens (primary N) is 2. The lowest BCUT2D eigenvalue weighted by Gasteiger charge is -2.52. The molecule has 256 valence electrons. The van der Waals surface area contributed by atoms with E-state index in [-0.39, 0.29) is 30.6 Å². The highest BCUT2D eigenvalue weighted by Crippen LogP contribution is 2.57. The molecule has 5 aliphatic rings. The molecule has 3 saturated heterocycles. The molecule has 2 aromatic carbocycles. The van der Waals surface area contributed by atoms with E-state index < -0.39 is 72.7 Å². The molecule has 0 bridgehead atoms. The van der Waals surface area contributed by atoms with Gasteiger partial charge in [-0.1, -0.05) is 6.07 Å².